The predicted octanol–water partition coefficient (Wildman–Crippen LogP) is 2.79. The fourth-order valence-corrected chi connectivity index (χ4v) is 3.87. The van der Waals surface area contributed by atoms with Gasteiger partial charge in [-0.1, -0.05) is 13.8 Å². The van der Waals surface area contributed by atoms with E-state index in [1.54, 1.807) is 0 Å². The number of hydrogen-bond acceptors (Lipinski definition) is 2. The summed E-state index contributed by atoms with van der Waals surface area (Å²) in [5, 5.41) is 10.4. The number of ketones is 1. The lowest BCUT2D eigenvalue weighted by atomic mass is 9.57. The molecule has 1 N–H and O–H groups in total. The maximum atomic E-state index is 12.1. The van der Waals surface area contributed by atoms with Gasteiger partial charge in [0, 0.05) is 12.3 Å². The van der Waals surface area contributed by atoms with E-state index in [0.29, 0.717) is 17.6 Å². The van der Waals surface area contributed by atoms with Gasteiger partial charge in [-0.3, -0.25) is 4.79 Å². The zero-order chi connectivity index (χ0) is 11.9. The first-order valence-electron chi connectivity index (χ1n) is 6.68. The van der Waals surface area contributed by atoms with Crippen molar-refractivity contribution in [3.63, 3.8) is 0 Å². The molecule has 0 aromatic carbocycles. The van der Waals surface area contributed by atoms with Gasteiger partial charge in [0.25, 0.3) is 0 Å². The molecule has 2 aliphatic carbocycles. The van der Waals surface area contributed by atoms with Gasteiger partial charge in [0.05, 0.1) is 5.60 Å². The maximum Gasteiger partial charge on any atom is 0.136 e. The van der Waals surface area contributed by atoms with E-state index in [1.807, 2.05) is 6.92 Å². The summed E-state index contributed by atoms with van der Waals surface area (Å²) in [4.78, 5) is 12.1. The molecule has 0 aromatic heterocycles. The molecule has 0 saturated heterocycles. The number of hydrogen-bond donors (Lipinski definition) is 1. The normalized spacial score (nSPS) is 44.6. The molecule has 2 saturated carbocycles. The molecule has 16 heavy (non-hydrogen) atoms. The lowest BCUT2D eigenvalue weighted by Gasteiger charge is -2.49. The van der Waals surface area contributed by atoms with Crippen molar-refractivity contribution in [2.75, 3.05) is 0 Å². The van der Waals surface area contributed by atoms with E-state index in [2.05, 4.69) is 13.8 Å². The molecule has 2 heteroatoms. The number of carbonyl (C=O) groups excluding carboxylic acids is 1. The highest BCUT2D eigenvalue weighted by molar-refractivity contribution is 5.82. The second kappa shape index (κ2) is 4.14. The van der Waals surface area contributed by atoms with Crippen LogP contribution in [0.2, 0.25) is 0 Å². The topological polar surface area (TPSA) is 37.3 Å². The minimum Gasteiger partial charge on any atom is -0.390 e. The van der Waals surface area contributed by atoms with Crippen LogP contribution >= 0.6 is 0 Å². The van der Waals surface area contributed by atoms with E-state index in [1.165, 1.54) is 0 Å². The number of rotatable bonds is 1. The molecule has 2 rings (SSSR count). The largest absolute Gasteiger partial charge is 0.390 e. The van der Waals surface area contributed by atoms with Gasteiger partial charge in [-0.2, -0.15) is 0 Å². The van der Waals surface area contributed by atoms with E-state index in [-0.39, 0.29) is 11.8 Å². The summed E-state index contributed by atoms with van der Waals surface area (Å²) >= 11 is 0. The second-order valence-electron chi connectivity index (χ2n) is 6.29. The van der Waals surface area contributed by atoms with Crippen LogP contribution in [0, 0.1) is 23.7 Å². The van der Waals surface area contributed by atoms with Crippen LogP contribution in [-0.4, -0.2) is 16.5 Å². The van der Waals surface area contributed by atoms with Crippen molar-refractivity contribution in [2.45, 2.75) is 58.5 Å². The molecule has 0 amide bonds. The lowest BCUT2D eigenvalue weighted by Crippen LogP contribution is -2.52. The molecule has 0 heterocycles. The average Bonchev–Trinajstić information content (AvgIpc) is 2.18. The third-order valence-electron chi connectivity index (χ3n) is 4.84. The van der Waals surface area contributed by atoms with Crippen LogP contribution in [0.4, 0.5) is 0 Å². The molecule has 0 spiro atoms. The Balaban J connectivity index is 2.27. The first-order valence-corrected chi connectivity index (χ1v) is 6.68. The molecule has 2 nitrogen and oxygen atoms in total. The summed E-state index contributed by atoms with van der Waals surface area (Å²) in [6.07, 6.45) is 4.62. The van der Waals surface area contributed by atoms with E-state index in [4.69, 9.17) is 0 Å². The van der Waals surface area contributed by atoms with Crippen LogP contribution in [0.1, 0.15) is 52.9 Å². The summed E-state index contributed by atoms with van der Waals surface area (Å²) in [5.74, 6) is 1.82. The predicted molar refractivity (Wildman–Crippen MR) is 64.0 cm³/mol. The van der Waals surface area contributed by atoms with Crippen LogP contribution in [0.15, 0.2) is 0 Å². The Bertz CT molecular complexity index is 280. The molecular weight excluding hydrogens is 200 g/mol. The van der Waals surface area contributed by atoms with Crippen molar-refractivity contribution in [1.82, 2.24) is 0 Å². The van der Waals surface area contributed by atoms with Gasteiger partial charge in [0.15, 0.2) is 0 Å². The van der Waals surface area contributed by atoms with E-state index >= 15 is 0 Å². The number of fused-ring (bicyclic) bond motifs is 1. The lowest BCUT2D eigenvalue weighted by molar-refractivity contribution is -0.147. The molecule has 0 aliphatic heterocycles. The van der Waals surface area contributed by atoms with E-state index in [9.17, 15) is 9.90 Å². The Morgan fingerprint density at radius 3 is 2.69 bits per heavy atom. The van der Waals surface area contributed by atoms with Gasteiger partial charge in [-0.25, -0.2) is 0 Å². The minimum atomic E-state index is -0.605. The van der Waals surface area contributed by atoms with Crippen molar-refractivity contribution >= 4 is 5.78 Å². The van der Waals surface area contributed by atoms with Gasteiger partial charge < -0.3 is 5.11 Å². The Morgan fingerprint density at radius 2 is 2.06 bits per heavy atom. The van der Waals surface area contributed by atoms with Gasteiger partial charge in [-0.05, 0) is 50.4 Å². The molecule has 0 aromatic rings. The highest BCUT2D eigenvalue weighted by atomic mass is 16.3. The number of carbonyl (C=O) groups is 1. The van der Waals surface area contributed by atoms with Gasteiger partial charge in [0.2, 0.25) is 0 Å². The van der Waals surface area contributed by atoms with Crippen molar-refractivity contribution < 1.29 is 9.90 Å². The fourth-order valence-electron chi connectivity index (χ4n) is 3.87. The van der Waals surface area contributed by atoms with Gasteiger partial charge in [-0.15, -0.1) is 0 Å². The Kier molecular flexibility index (Phi) is 3.13. The minimum absolute atomic E-state index is 0.137. The maximum absolute atomic E-state index is 12.1. The summed E-state index contributed by atoms with van der Waals surface area (Å²) in [6, 6.07) is 0. The smallest absolute Gasteiger partial charge is 0.136 e. The SMILES string of the molecule is CC(C)[C@@H]1CC[C@@](C)(O)[C@H]2CCCC(=O)[C@@H]12. The van der Waals surface area contributed by atoms with Crippen LogP contribution in [0.25, 0.3) is 0 Å². The monoisotopic (exact) mass is 224 g/mol. The third kappa shape index (κ3) is 1.92. The molecule has 0 bridgehead atoms. The average molecular weight is 224 g/mol. The fraction of sp³-hybridized carbons (Fsp3) is 0.929. The summed E-state index contributed by atoms with van der Waals surface area (Å²) < 4.78 is 0. The Morgan fingerprint density at radius 1 is 1.38 bits per heavy atom. The van der Waals surface area contributed by atoms with Crippen molar-refractivity contribution in [1.29, 1.82) is 0 Å². The quantitative estimate of drug-likeness (QED) is 0.743. The highest BCUT2D eigenvalue weighted by Crippen LogP contribution is 2.49. The first-order chi connectivity index (χ1) is 7.43. The molecule has 4 atom stereocenters. The molecule has 0 unspecified atom stereocenters. The third-order valence-corrected chi connectivity index (χ3v) is 4.84. The van der Waals surface area contributed by atoms with Crippen molar-refractivity contribution in [3.05, 3.63) is 0 Å². The van der Waals surface area contributed by atoms with Gasteiger partial charge >= 0.3 is 0 Å². The Labute approximate surface area is 98.4 Å². The van der Waals surface area contributed by atoms with Crippen LogP contribution in [-0.2, 0) is 4.79 Å². The molecule has 92 valence electrons. The van der Waals surface area contributed by atoms with Crippen LogP contribution < -0.4 is 0 Å². The zero-order valence-corrected chi connectivity index (χ0v) is 10.7. The summed E-state index contributed by atoms with van der Waals surface area (Å²) in [6.45, 7) is 6.35. The van der Waals surface area contributed by atoms with Crippen LogP contribution in [0.3, 0.4) is 0 Å². The highest BCUT2D eigenvalue weighted by Gasteiger charge is 2.50. The zero-order valence-electron chi connectivity index (χ0n) is 10.7. The van der Waals surface area contributed by atoms with Gasteiger partial charge in [0.1, 0.15) is 5.78 Å². The molecule has 2 aliphatic rings. The summed E-state index contributed by atoms with van der Waals surface area (Å²) in [5.41, 5.74) is -0.605. The standard InChI is InChI=1S/C14H24O2/c1-9(2)10-7-8-14(3,16)11-5-4-6-12(15)13(10)11/h9-11,13,16H,4-8H2,1-3H3/t10-,11-,13-,14+/m0/s1. The molecule has 0 radical (unpaired) electrons. The number of aliphatic hydroxyl groups is 1. The summed E-state index contributed by atoms with van der Waals surface area (Å²) in [7, 11) is 0. The van der Waals surface area contributed by atoms with Crippen LogP contribution in [0.5, 0.6) is 0 Å². The van der Waals surface area contributed by atoms with Crippen molar-refractivity contribution in [2.24, 2.45) is 23.7 Å². The van der Waals surface area contributed by atoms with Crippen molar-refractivity contribution in [3.8, 4) is 0 Å². The Hall–Kier alpha value is -0.370. The first kappa shape index (κ1) is 12.1. The van der Waals surface area contributed by atoms with E-state index in [0.717, 1.165) is 32.1 Å². The number of Topliss-reactive ketones (excluding diaryl/α,β-unsaturated/α-hetero) is 1. The van der Waals surface area contributed by atoms with E-state index < -0.39 is 5.60 Å². The second-order valence-corrected chi connectivity index (χ2v) is 6.29. The molecular formula is C14H24O2. The molecule has 2 fully saturated rings.